The fourth-order valence-electron chi connectivity index (χ4n) is 1.83. The van der Waals surface area contributed by atoms with Crippen LogP contribution in [0.3, 0.4) is 0 Å². The Morgan fingerprint density at radius 1 is 1.29 bits per heavy atom. The van der Waals surface area contributed by atoms with Crippen LogP contribution in [0.25, 0.3) is 0 Å². The van der Waals surface area contributed by atoms with Gasteiger partial charge in [-0.1, -0.05) is 39.5 Å². The minimum atomic E-state index is 0.0665. The standard InChI is InChI=1S/C11H20N2O/c1-3-5-6-7-8-9-10(4-2)12-13-11(9)14/h9H,3-8H2,1-2H3,(H,13,14). The van der Waals surface area contributed by atoms with Crippen molar-refractivity contribution in [1.82, 2.24) is 5.43 Å². The van der Waals surface area contributed by atoms with Gasteiger partial charge < -0.3 is 0 Å². The second-order valence-corrected chi connectivity index (χ2v) is 3.83. The van der Waals surface area contributed by atoms with E-state index in [2.05, 4.69) is 24.4 Å². The first-order valence-corrected chi connectivity index (χ1v) is 5.65. The fraction of sp³-hybridized carbons (Fsp3) is 0.818. The zero-order valence-electron chi connectivity index (χ0n) is 9.18. The van der Waals surface area contributed by atoms with Crippen molar-refractivity contribution in [3.8, 4) is 0 Å². The highest BCUT2D eigenvalue weighted by atomic mass is 16.2. The molecular formula is C11H20N2O. The van der Waals surface area contributed by atoms with Gasteiger partial charge in [0.2, 0.25) is 5.91 Å². The van der Waals surface area contributed by atoms with Gasteiger partial charge in [0.05, 0.1) is 11.6 Å². The van der Waals surface area contributed by atoms with E-state index in [0.717, 1.165) is 25.0 Å². The molecule has 80 valence electrons. The molecule has 0 aliphatic carbocycles. The minimum Gasteiger partial charge on any atom is -0.272 e. The predicted molar refractivity (Wildman–Crippen MR) is 58.1 cm³/mol. The molecule has 1 rings (SSSR count). The van der Waals surface area contributed by atoms with Gasteiger partial charge in [-0.25, -0.2) is 5.43 Å². The van der Waals surface area contributed by atoms with Gasteiger partial charge >= 0.3 is 0 Å². The Balaban J connectivity index is 2.28. The third-order valence-corrected chi connectivity index (χ3v) is 2.74. The maximum atomic E-state index is 11.4. The Kier molecular flexibility index (Phi) is 4.63. The van der Waals surface area contributed by atoms with Crippen LogP contribution in [0.15, 0.2) is 5.10 Å². The van der Waals surface area contributed by atoms with Crippen LogP contribution >= 0.6 is 0 Å². The average Bonchev–Trinajstić information content (AvgIpc) is 2.55. The van der Waals surface area contributed by atoms with Gasteiger partial charge in [-0.3, -0.25) is 4.79 Å². The summed E-state index contributed by atoms with van der Waals surface area (Å²) in [4.78, 5) is 11.4. The number of nitrogens with one attached hydrogen (secondary N) is 1. The molecule has 1 aliphatic heterocycles. The van der Waals surface area contributed by atoms with Crippen LogP contribution in [0.5, 0.6) is 0 Å². The Morgan fingerprint density at radius 2 is 2.07 bits per heavy atom. The lowest BCUT2D eigenvalue weighted by Gasteiger charge is -2.08. The zero-order valence-corrected chi connectivity index (χ0v) is 9.18. The van der Waals surface area contributed by atoms with Gasteiger partial charge in [0.25, 0.3) is 0 Å². The van der Waals surface area contributed by atoms with Gasteiger partial charge in [0.1, 0.15) is 0 Å². The van der Waals surface area contributed by atoms with E-state index < -0.39 is 0 Å². The van der Waals surface area contributed by atoms with E-state index in [1.165, 1.54) is 19.3 Å². The molecule has 3 nitrogen and oxygen atoms in total. The Hall–Kier alpha value is -0.860. The van der Waals surface area contributed by atoms with Crippen LogP contribution in [0.4, 0.5) is 0 Å². The van der Waals surface area contributed by atoms with Crippen molar-refractivity contribution in [3.05, 3.63) is 0 Å². The molecule has 1 unspecified atom stereocenters. The summed E-state index contributed by atoms with van der Waals surface area (Å²) in [5, 5.41) is 4.03. The highest BCUT2D eigenvalue weighted by molar-refractivity contribution is 6.07. The summed E-state index contributed by atoms with van der Waals surface area (Å²) < 4.78 is 0. The summed E-state index contributed by atoms with van der Waals surface area (Å²) in [5.41, 5.74) is 3.59. The van der Waals surface area contributed by atoms with Gasteiger partial charge in [0.15, 0.2) is 0 Å². The van der Waals surface area contributed by atoms with Crippen molar-refractivity contribution in [2.24, 2.45) is 11.0 Å². The van der Waals surface area contributed by atoms with Crippen molar-refractivity contribution in [2.45, 2.75) is 52.4 Å². The van der Waals surface area contributed by atoms with E-state index in [1.807, 2.05) is 0 Å². The minimum absolute atomic E-state index is 0.0665. The molecule has 0 saturated heterocycles. The Bertz CT molecular complexity index is 223. The molecule has 0 spiro atoms. The topological polar surface area (TPSA) is 41.5 Å². The zero-order chi connectivity index (χ0) is 10.4. The molecular weight excluding hydrogens is 176 g/mol. The third-order valence-electron chi connectivity index (χ3n) is 2.74. The van der Waals surface area contributed by atoms with Crippen molar-refractivity contribution in [3.63, 3.8) is 0 Å². The second-order valence-electron chi connectivity index (χ2n) is 3.83. The van der Waals surface area contributed by atoms with E-state index in [4.69, 9.17) is 0 Å². The fourth-order valence-corrected chi connectivity index (χ4v) is 1.83. The Labute approximate surface area is 86.0 Å². The lowest BCUT2D eigenvalue weighted by molar-refractivity contribution is -0.122. The number of carbonyl (C=O) groups excluding carboxylic acids is 1. The van der Waals surface area contributed by atoms with Gasteiger partial charge in [-0.15, -0.1) is 0 Å². The largest absolute Gasteiger partial charge is 0.272 e. The lowest BCUT2D eigenvalue weighted by atomic mass is 9.95. The molecule has 3 heteroatoms. The number of hydrogen-bond acceptors (Lipinski definition) is 2. The first-order valence-electron chi connectivity index (χ1n) is 5.65. The summed E-state index contributed by atoms with van der Waals surface area (Å²) in [6.07, 6.45) is 6.75. The molecule has 0 bridgehead atoms. The molecule has 1 atom stereocenters. The molecule has 1 heterocycles. The van der Waals surface area contributed by atoms with Crippen LogP contribution in [0.2, 0.25) is 0 Å². The van der Waals surface area contributed by atoms with E-state index in [9.17, 15) is 4.79 Å². The maximum Gasteiger partial charge on any atom is 0.248 e. The monoisotopic (exact) mass is 196 g/mol. The van der Waals surface area contributed by atoms with Gasteiger partial charge in [-0.05, 0) is 12.8 Å². The molecule has 0 radical (unpaired) electrons. The van der Waals surface area contributed by atoms with Crippen LogP contribution < -0.4 is 5.43 Å². The number of unbranched alkanes of at least 4 members (excludes halogenated alkanes) is 3. The van der Waals surface area contributed by atoms with Gasteiger partial charge in [0, 0.05) is 0 Å². The normalized spacial score (nSPS) is 20.9. The molecule has 0 aromatic rings. The molecule has 0 fully saturated rings. The van der Waals surface area contributed by atoms with E-state index >= 15 is 0 Å². The Morgan fingerprint density at radius 3 is 2.71 bits per heavy atom. The number of amides is 1. The summed E-state index contributed by atoms with van der Waals surface area (Å²) >= 11 is 0. The van der Waals surface area contributed by atoms with Gasteiger partial charge in [-0.2, -0.15) is 5.10 Å². The van der Waals surface area contributed by atoms with Crippen molar-refractivity contribution < 1.29 is 4.79 Å². The highest BCUT2D eigenvalue weighted by Crippen LogP contribution is 2.18. The van der Waals surface area contributed by atoms with E-state index in [0.29, 0.717) is 0 Å². The first kappa shape index (κ1) is 11.2. The van der Waals surface area contributed by atoms with E-state index in [-0.39, 0.29) is 11.8 Å². The predicted octanol–water partition coefficient (Wildman–Crippen LogP) is 2.47. The third kappa shape index (κ3) is 2.82. The van der Waals surface area contributed by atoms with Crippen LogP contribution in [-0.4, -0.2) is 11.6 Å². The number of hydrazone groups is 1. The van der Waals surface area contributed by atoms with Crippen LogP contribution in [0, 0.1) is 5.92 Å². The van der Waals surface area contributed by atoms with Crippen molar-refractivity contribution >= 4 is 11.6 Å². The molecule has 0 aromatic heterocycles. The lowest BCUT2D eigenvalue weighted by Crippen LogP contribution is -2.22. The summed E-state index contributed by atoms with van der Waals surface area (Å²) in [6, 6.07) is 0. The summed E-state index contributed by atoms with van der Waals surface area (Å²) in [7, 11) is 0. The highest BCUT2D eigenvalue weighted by Gasteiger charge is 2.27. The number of hydrogen-bond donors (Lipinski definition) is 1. The summed E-state index contributed by atoms with van der Waals surface area (Å²) in [5.74, 6) is 0.162. The molecule has 0 saturated carbocycles. The van der Waals surface area contributed by atoms with Crippen molar-refractivity contribution in [2.75, 3.05) is 0 Å². The first-order chi connectivity index (χ1) is 6.79. The molecule has 1 amide bonds. The maximum absolute atomic E-state index is 11.4. The van der Waals surface area contributed by atoms with E-state index in [1.54, 1.807) is 0 Å². The second kappa shape index (κ2) is 5.78. The molecule has 1 aliphatic rings. The summed E-state index contributed by atoms with van der Waals surface area (Å²) in [6.45, 7) is 4.25. The van der Waals surface area contributed by atoms with Crippen LogP contribution in [0.1, 0.15) is 52.4 Å². The smallest absolute Gasteiger partial charge is 0.248 e. The number of rotatable bonds is 6. The molecule has 0 aromatic carbocycles. The number of carbonyl (C=O) groups is 1. The average molecular weight is 196 g/mol. The van der Waals surface area contributed by atoms with Crippen LogP contribution in [-0.2, 0) is 4.79 Å². The van der Waals surface area contributed by atoms with Crippen molar-refractivity contribution in [1.29, 1.82) is 0 Å². The SMILES string of the molecule is CCCCCCC1C(=O)NN=C1CC. The molecule has 14 heavy (non-hydrogen) atoms. The number of nitrogens with zero attached hydrogens (tertiary/aromatic N) is 1. The quantitative estimate of drug-likeness (QED) is 0.651. The molecule has 1 N–H and O–H groups in total.